The van der Waals surface area contributed by atoms with Crippen LogP contribution in [-0.4, -0.2) is 30.7 Å². The van der Waals surface area contributed by atoms with Crippen LogP contribution in [0.2, 0.25) is 0 Å². The van der Waals surface area contributed by atoms with Crippen LogP contribution in [0.4, 0.5) is 0 Å². The zero-order chi connectivity index (χ0) is 11.1. The van der Waals surface area contributed by atoms with Crippen LogP contribution in [0.25, 0.3) is 0 Å². The van der Waals surface area contributed by atoms with E-state index in [-0.39, 0.29) is 0 Å². The molecule has 0 aromatic heterocycles. The molecule has 0 fully saturated rings. The summed E-state index contributed by atoms with van der Waals surface area (Å²) in [6.07, 6.45) is 0.926. The molecule has 1 atom stereocenters. The first kappa shape index (κ1) is 12.2. The Balaban J connectivity index is 2.50. The Bertz CT molecular complexity index is 311. The highest BCUT2D eigenvalue weighted by atomic mass is 32.2. The molecule has 84 valence electrons. The summed E-state index contributed by atoms with van der Waals surface area (Å²) in [5.74, 6) is 1.50. The Labute approximate surface area is 93.3 Å². The maximum Gasteiger partial charge on any atom is 0.118 e. The van der Waals surface area contributed by atoms with E-state index in [1.807, 2.05) is 31.3 Å². The molecule has 0 spiro atoms. The van der Waals surface area contributed by atoms with E-state index in [4.69, 9.17) is 4.74 Å². The second-order valence-corrected chi connectivity index (χ2v) is 4.75. The molecule has 0 amide bonds. The number of hydrogen-bond donors (Lipinski definition) is 1. The van der Waals surface area contributed by atoms with Gasteiger partial charge < -0.3 is 10.1 Å². The van der Waals surface area contributed by atoms with Gasteiger partial charge in [-0.05, 0) is 44.3 Å². The minimum atomic E-state index is -0.891. The molecule has 0 heterocycles. The molecule has 1 rings (SSSR count). The van der Waals surface area contributed by atoms with Crippen molar-refractivity contribution in [2.24, 2.45) is 0 Å². The number of rotatable bonds is 6. The molecular weight excluding hydrogens is 210 g/mol. The van der Waals surface area contributed by atoms with Crippen molar-refractivity contribution < 1.29 is 8.95 Å². The maximum absolute atomic E-state index is 11.8. The molecule has 1 aromatic carbocycles. The van der Waals surface area contributed by atoms with Crippen LogP contribution in [0.5, 0.6) is 5.75 Å². The number of hydrogen-bond acceptors (Lipinski definition) is 3. The molecule has 1 N–H and O–H groups in total. The summed E-state index contributed by atoms with van der Waals surface area (Å²) in [6.45, 7) is 0.905. The normalized spacial score (nSPS) is 12.4. The third kappa shape index (κ3) is 4.01. The maximum atomic E-state index is 11.8. The summed E-state index contributed by atoms with van der Waals surface area (Å²) in [7, 11) is 2.63. The highest BCUT2D eigenvalue weighted by Gasteiger charge is 2.03. The summed E-state index contributed by atoms with van der Waals surface area (Å²) in [6, 6.07) is 7.39. The molecule has 0 saturated carbocycles. The fourth-order valence-electron chi connectivity index (χ4n) is 1.23. The fraction of sp³-hybridized carbons (Fsp3) is 0.455. The van der Waals surface area contributed by atoms with Gasteiger partial charge in [-0.25, -0.2) is 0 Å². The van der Waals surface area contributed by atoms with Gasteiger partial charge in [0.25, 0.3) is 0 Å². The third-order valence-electron chi connectivity index (χ3n) is 2.08. The zero-order valence-corrected chi connectivity index (χ0v) is 9.97. The van der Waals surface area contributed by atoms with Crippen molar-refractivity contribution in [1.82, 2.24) is 5.32 Å². The van der Waals surface area contributed by atoms with Crippen molar-refractivity contribution in [2.45, 2.75) is 11.3 Å². The van der Waals surface area contributed by atoms with Crippen LogP contribution in [0.1, 0.15) is 6.42 Å². The summed E-state index contributed by atoms with van der Waals surface area (Å²) >= 11 is 0. The van der Waals surface area contributed by atoms with Gasteiger partial charge in [-0.1, -0.05) is 0 Å². The minimum Gasteiger partial charge on any atom is -0.497 e. The smallest absolute Gasteiger partial charge is 0.118 e. The van der Waals surface area contributed by atoms with Gasteiger partial charge in [-0.3, -0.25) is 4.21 Å². The number of ether oxygens (including phenoxy) is 1. The molecule has 3 nitrogen and oxygen atoms in total. The lowest BCUT2D eigenvalue weighted by Gasteiger charge is -2.03. The summed E-state index contributed by atoms with van der Waals surface area (Å²) in [5.41, 5.74) is 0. The van der Waals surface area contributed by atoms with Crippen molar-refractivity contribution in [1.29, 1.82) is 0 Å². The average Bonchev–Trinajstić information content (AvgIpc) is 2.29. The van der Waals surface area contributed by atoms with E-state index in [9.17, 15) is 4.21 Å². The van der Waals surface area contributed by atoms with Gasteiger partial charge >= 0.3 is 0 Å². The van der Waals surface area contributed by atoms with Crippen molar-refractivity contribution in [3.05, 3.63) is 24.3 Å². The Morgan fingerprint density at radius 2 is 2.00 bits per heavy atom. The Kier molecular flexibility index (Phi) is 5.36. The van der Waals surface area contributed by atoms with Crippen LogP contribution in [0, 0.1) is 0 Å². The Morgan fingerprint density at radius 1 is 1.33 bits per heavy atom. The van der Waals surface area contributed by atoms with Gasteiger partial charge in [0.05, 0.1) is 17.9 Å². The molecular formula is C11H17NO2S. The van der Waals surface area contributed by atoms with Crippen molar-refractivity contribution >= 4 is 10.8 Å². The molecule has 1 unspecified atom stereocenters. The van der Waals surface area contributed by atoms with Gasteiger partial charge in [0.1, 0.15) is 5.75 Å². The van der Waals surface area contributed by atoms with Crippen molar-refractivity contribution in [2.75, 3.05) is 26.5 Å². The molecule has 0 radical (unpaired) electrons. The molecule has 0 aliphatic heterocycles. The Hall–Kier alpha value is -0.870. The van der Waals surface area contributed by atoms with Crippen LogP contribution in [0.15, 0.2) is 29.2 Å². The number of methoxy groups -OCH3 is 1. The van der Waals surface area contributed by atoms with Crippen molar-refractivity contribution in [3.63, 3.8) is 0 Å². The average molecular weight is 227 g/mol. The molecule has 1 aromatic rings. The van der Waals surface area contributed by atoms with Gasteiger partial charge in [-0.15, -0.1) is 0 Å². The summed E-state index contributed by atoms with van der Waals surface area (Å²) in [4.78, 5) is 0.868. The molecule has 0 bridgehead atoms. The third-order valence-corrected chi connectivity index (χ3v) is 3.54. The second-order valence-electron chi connectivity index (χ2n) is 3.18. The highest BCUT2D eigenvalue weighted by Crippen LogP contribution is 2.14. The molecule has 0 saturated heterocycles. The van der Waals surface area contributed by atoms with Gasteiger partial charge in [0.15, 0.2) is 0 Å². The fourth-order valence-corrected chi connectivity index (χ4v) is 2.31. The van der Waals surface area contributed by atoms with E-state index in [1.165, 1.54) is 0 Å². The van der Waals surface area contributed by atoms with Crippen LogP contribution in [-0.2, 0) is 10.8 Å². The van der Waals surface area contributed by atoms with E-state index in [1.54, 1.807) is 7.11 Å². The quantitative estimate of drug-likeness (QED) is 0.747. The predicted octanol–water partition coefficient (Wildman–Crippen LogP) is 1.41. The molecule has 4 heteroatoms. The Morgan fingerprint density at radius 3 is 2.53 bits per heavy atom. The summed E-state index contributed by atoms with van der Waals surface area (Å²) in [5, 5.41) is 3.04. The topological polar surface area (TPSA) is 38.3 Å². The van der Waals surface area contributed by atoms with E-state index >= 15 is 0 Å². The van der Waals surface area contributed by atoms with E-state index in [0.29, 0.717) is 5.75 Å². The van der Waals surface area contributed by atoms with Gasteiger partial charge in [-0.2, -0.15) is 0 Å². The van der Waals surface area contributed by atoms with Crippen LogP contribution < -0.4 is 10.1 Å². The first-order chi connectivity index (χ1) is 7.27. The van der Waals surface area contributed by atoms with Gasteiger partial charge in [0.2, 0.25) is 0 Å². The predicted molar refractivity (Wildman–Crippen MR) is 62.8 cm³/mol. The lowest BCUT2D eigenvalue weighted by Crippen LogP contribution is -2.11. The molecule has 0 aliphatic rings. The molecule has 15 heavy (non-hydrogen) atoms. The SMILES string of the molecule is CNCCCS(=O)c1ccc(OC)cc1. The van der Waals surface area contributed by atoms with E-state index < -0.39 is 10.8 Å². The summed E-state index contributed by atoms with van der Waals surface area (Å²) < 4.78 is 16.8. The van der Waals surface area contributed by atoms with Crippen molar-refractivity contribution in [3.8, 4) is 5.75 Å². The minimum absolute atomic E-state index is 0.702. The zero-order valence-electron chi connectivity index (χ0n) is 9.16. The highest BCUT2D eigenvalue weighted by molar-refractivity contribution is 7.85. The number of nitrogens with one attached hydrogen (secondary N) is 1. The molecule has 0 aliphatic carbocycles. The monoisotopic (exact) mass is 227 g/mol. The first-order valence-electron chi connectivity index (χ1n) is 4.95. The van der Waals surface area contributed by atoms with Crippen LogP contribution >= 0.6 is 0 Å². The van der Waals surface area contributed by atoms with E-state index in [0.717, 1.165) is 23.6 Å². The largest absolute Gasteiger partial charge is 0.497 e. The lowest BCUT2D eigenvalue weighted by atomic mass is 10.3. The second kappa shape index (κ2) is 6.58. The first-order valence-corrected chi connectivity index (χ1v) is 6.27. The number of benzene rings is 1. The van der Waals surface area contributed by atoms with E-state index in [2.05, 4.69) is 5.32 Å². The van der Waals surface area contributed by atoms with Gasteiger partial charge in [0, 0.05) is 10.6 Å². The standard InChI is InChI=1S/C11H17NO2S/c1-12-8-3-9-15(13)11-6-4-10(14-2)5-7-11/h4-7,12H,3,8-9H2,1-2H3. The lowest BCUT2D eigenvalue weighted by molar-refractivity contribution is 0.414. The van der Waals surface area contributed by atoms with Crippen LogP contribution in [0.3, 0.4) is 0 Å².